The van der Waals surface area contributed by atoms with Crippen LogP contribution in [0.25, 0.3) is 11.1 Å². The van der Waals surface area contributed by atoms with E-state index in [1.54, 1.807) is 13.0 Å². The third-order valence-corrected chi connectivity index (χ3v) is 1.78. The van der Waals surface area contributed by atoms with Crippen molar-refractivity contribution in [1.29, 1.82) is 0 Å². The zero-order chi connectivity index (χ0) is 9.84. The van der Waals surface area contributed by atoms with Crippen LogP contribution < -0.4 is 0 Å². The minimum Gasteiger partial charge on any atom is -0.441 e. The van der Waals surface area contributed by atoms with Crippen LogP contribution in [-0.4, -0.2) is 4.98 Å². The molecule has 0 bridgehead atoms. The molecule has 0 aliphatic carbocycles. The molecule has 2 nitrogen and oxygen atoms in total. The fourth-order valence-corrected chi connectivity index (χ4v) is 1.23. The van der Waals surface area contributed by atoms with Crippen LogP contribution in [0.1, 0.15) is 19.7 Å². The Labute approximate surface area is 82.5 Å². The topological polar surface area (TPSA) is 26.0 Å². The minimum absolute atomic E-state index is 0.638. The molecule has 1 heterocycles. The molecule has 0 aliphatic heterocycles. The number of aryl methyl sites for hydroxylation is 1. The summed E-state index contributed by atoms with van der Waals surface area (Å²) in [5.74, 6) is 0.646. The quantitative estimate of drug-likeness (QED) is 0.642. The number of halogens is 1. The van der Waals surface area contributed by atoms with E-state index in [0.29, 0.717) is 10.9 Å². The van der Waals surface area contributed by atoms with Crippen LogP contribution in [0.5, 0.6) is 0 Å². The van der Waals surface area contributed by atoms with Gasteiger partial charge in [-0.2, -0.15) is 0 Å². The van der Waals surface area contributed by atoms with Gasteiger partial charge < -0.3 is 4.42 Å². The second-order valence-corrected chi connectivity index (χ2v) is 2.73. The maximum atomic E-state index is 5.85. The third-order valence-electron chi connectivity index (χ3n) is 1.48. The molecule has 2 rings (SSSR count). The zero-order valence-corrected chi connectivity index (χ0v) is 8.72. The Kier molecular flexibility index (Phi) is 3.32. The second-order valence-electron chi connectivity index (χ2n) is 2.32. The lowest BCUT2D eigenvalue weighted by Crippen LogP contribution is -1.69. The predicted molar refractivity (Wildman–Crippen MR) is 55.1 cm³/mol. The minimum atomic E-state index is 0.638. The molecule has 0 saturated carbocycles. The van der Waals surface area contributed by atoms with E-state index in [-0.39, 0.29) is 0 Å². The lowest BCUT2D eigenvalue weighted by Gasteiger charge is -1.86. The molecular formula is C10H12ClNO. The number of oxazole rings is 1. The average molecular weight is 198 g/mol. The molecular weight excluding hydrogens is 186 g/mol. The lowest BCUT2D eigenvalue weighted by molar-refractivity contribution is 0.561. The fourth-order valence-electron chi connectivity index (χ4n) is 1.03. The van der Waals surface area contributed by atoms with Gasteiger partial charge in [-0.05, 0) is 12.1 Å². The van der Waals surface area contributed by atoms with E-state index in [1.165, 1.54) is 0 Å². The molecule has 2 aromatic rings. The van der Waals surface area contributed by atoms with Gasteiger partial charge in [-0.25, -0.2) is 4.98 Å². The second kappa shape index (κ2) is 4.28. The summed E-state index contributed by atoms with van der Waals surface area (Å²) in [7, 11) is 0. The van der Waals surface area contributed by atoms with Gasteiger partial charge in [0.2, 0.25) is 0 Å². The molecule has 0 saturated heterocycles. The first-order valence-corrected chi connectivity index (χ1v) is 4.67. The number of benzene rings is 1. The van der Waals surface area contributed by atoms with E-state index in [1.807, 2.05) is 26.0 Å². The maximum Gasteiger partial charge on any atom is 0.192 e. The highest BCUT2D eigenvalue weighted by molar-refractivity contribution is 6.34. The lowest BCUT2D eigenvalue weighted by atomic mass is 10.3. The molecule has 1 aromatic carbocycles. The SMILES string of the molecule is CC.Cc1nc2c(Cl)cccc2o1. The number of hydrogen-bond acceptors (Lipinski definition) is 2. The summed E-state index contributed by atoms with van der Waals surface area (Å²) >= 11 is 5.85. The molecule has 1 aromatic heterocycles. The van der Waals surface area contributed by atoms with Crippen molar-refractivity contribution < 1.29 is 4.42 Å². The van der Waals surface area contributed by atoms with Crippen molar-refractivity contribution in [2.75, 3.05) is 0 Å². The van der Waals surface area contributed by atoms with Crippen molar-refractivity contribution in [3.05, 3.63) is 29.1 Å². The summed E-state index contributed by atoms with van der Waals surface area (Å²) in [5, 5.41) is 0.638. The molecule has 0 aliphatic rings. The van der Waals surface area contributed by atoms with E-state index in [4.69, 9.17) is 16.0 Å². The normalized spacial score (nSPS) is 9.54. The van der Waals surface area contributed by atoms with Crippen LogP contribution in [-0.2, 0) is 0 Å². The maximum absolute atomic E-state index is 5.85. The van der Waals surface area contributed by atoms with E-state index in [2.05, 4.69) is 4.98 Å². The van der Waals surface area contributed by atoms with Crippen LogP contribution in [0, 0.1) is 6.92 Å². The summed E-state index contributed by atoms with van der Waals surface area (Å²) in [4.78, 5) is 4.11. The van der Waals surface area contributed by atoms with Crippen molar-refractivity contribution in [3.8, 4) is 0 Å². The highest BCUT2D eigenvalue weighted by Crippen LogP contribution is 2.22. The number of nitrogens with zero attached hydrogens (tertiary/aromatic N) is 1. The van der Waals surface area contributed by atoms with Gasteiger partial charge in [-0.15, -0.1) is 0 Å². The fraction of sp³-hybridized carbons (Fsp3) is 0.300. The monoisotopic (exact) mass is 197 g/mol. The first kappa shape index (κ1) is 10.1. The molecule has 0 amide bonds. The highest BCUT2D eigenvalue weighted by Gasteiger charge is 2.03. The molecule has 3 heteroatoms. The number of hydrogen-bond donors (Lipinski definition) is 0. The summed E-state index contributed by atoms with van der Waals surface area (Å²) in [6, 6.07) is 5.49. The van der Waals surface area contributed by atoms with Gasteiger partial charge in [-0.1, -0.05) is 31.5 Å². The van der Waals surface area contributed by atoms with Gasteiger partial charge in [0.15, 0.2) is 11.5 Å². The Bertz CT molecular complexity index is 395. The van der Waals surface area contributed by atoms with Crippen molar-refractivity contribution >= 4 is 22.7 Å². The Morgan fingerprint density at radius 2 is 2.00 bits per heavy atom. The van der Waals surface area contributed by atoms with E-state index >= 15 is 0 Å². The van der Waals surface area contributed by atoms with Crippen molar-refractivity contribution in [2.24, 2.45) is 0 Å². The van der Waals surface area contributed by atoms with E-state index < -0.39 is 0 Å². The number of aromatic nitrogens is 1. The molecule has 0 fully saturated rings. The van der Waals surface area contributed by atoms with E-state index in [0.717, 1.165) is 11.1 Å². The Morgan fingerprint density at radius 3 is 2.62 bits per heavy atom. The first-order valence-electron chi connectivity index (χ1n) is 4.29. The molecule has 13 heavy (non-hydrogen) atoms. The Morgan fingerprint density at radius 1 is 1.31 bits per heavy atom. The Balaban J connectivity index is 0.000000396. The average Bonchev–Trinajstić information content (AvgIpc) is 2.51. The van der Waals surface area contributed by atoms with Crippen molar-refractivity contribution in [3.63, 3.8) is 0 Å². The Hall–Kier alpha value is -1.02. The van der Waals surface area contributed by atoms with Gasteiger partial charge in [0.25, 0.3) is 0 Å². The van der Waals surface area contributed by atoms with Crippen LogP contribution in [0.4, 0.5) is 0 Å². The summed E-state index contributed by atoms with van der Waals surface area (Å²) in [6.45, 7) is 5.80. The summed E-state index contributed by atoms with van der Waals surface area (Å²) in [6.07, 6.45) is 0. The van der Waals surface area contributed by atoms with Gasteiger partial charge in [0.05, 0.1) is 5.02 Å². The van der Waals surface area contributed by atoms with Crippen LogP contribution >= 0.6 is 11.6 Å². The first-order chi connectivity index (χ1) is 6.27. The van der Waals surface area contributed by atoms with Gasteiger partial charge in [0.1, 0.15) is 5.52 Å². The van der Waals surface area contributed by atoms with Crippen LogP contribution in [0.3, 0.4) is 0 Å². The van der Waals surface area contributed by atoms with E-state index in [9.17, 15) is 0 Å². The molecule has 0 unspecified atom stereocenters. The van der Waals surface area contributed by atoms with Crippen molar-refractivity contribution in [2.45, 2.75) is 20.8 Å². The molecule has 0 spiro atoms. The molecule has 0 N–H and O–H groups in total. The molecule has 70 valence electrons. The van der Waals surface area contributed by atoms with Gasteiger partial charge >= 0.3 is 0 Å². The summed E-state index contributed by atoms with van der Waals surface area (Å²) in [5.41, 5.74) is 1.49. The highest BCUT2D eigenvalue weighted by atomic mass is 35.5. The number of fused-ring (bicyclic) bond motifs is 1. The zero-order valence-electron chi connectivity index (χ0n) is 7.97. The van der Waals surface area contributed by atoms with Gasteiger partial charge in [0, 0.05) is 6.92 Å². The third kappa shape index (κ3) is 2.01. The van der Waals surface area contributed by atoms with Gasteiger partial charge in [-0.3, -0.25) is 0 Å². The smallest absolute Gasteiger partial charge is 0.192 e. The number of rotatable bonds is 0. The number of para-hydroxylation sites is 1. The largest absolute Gasteiger partial charge is 0.441 e. The predicted octanol–water partition coefficient (Wildman–Crippen LogP) is 3.82. The standard InChI is InChI=1S/C8H6ClNO.C2H6/c1-5-10-8-6(9)3-2-4-7(8)11-5;1-2/h2-4H,1H3;1-2H3. The van der Waals surface area contributed by atoms with Crippen LogP contribution in [0.15, 0.2) is 22.6 Å². The molecule has 0 atom stereocenters. The van der Waals surface area contributed by atoms with Crippen molar-refractivity contribution in [1.82, 2.24) is 4.98 Å². The summed E-state index contributed by atoms with van der Waals surface area (Å²) < 4.78 is 5.25. The molecule has 0 radical (unpaired) electrons. The van der Waals surface area contributed by atoms with Crippen LogP contribution in [0.2, 0.25) is 5.02 Å².